The van der Waals surface area contributed by atoms with Gasteiger partial charge < -0.3 is 0 Å². The van der Waals surface area contributed by atoms with Gasteiger partial charge in [0.2, 0.25) is 0 Å². The van der Waals surface area contributed by atoms with Crippen LogP contribution < -0.4 is 0 Å². The van der Waals surface area contributed by atoms with Crippen LogP contribution in [0, 0.1) is 0 Å². The van der Waals surface area contributed by atoms with Crippen LogP contribution in [0.15, 0.2) is 45.4 Å². The van der Waals surface area contributed by atoms with E-state index in [0.717, 1.165) is 5.70 Å². The van der Waals surface area contributed by atoms with Crippen LogP contribution in [0.2, 0.25) is 0 Å². The van der Waals surface area contributed by atoms with E-state index in [0.29, 0.717) is 5.03 Å². The fraction of sp³-hybridized carbons (Fsp3) is 0.143. The molecular formula is C7H7ClN2. The summed E-state index contributed by atoms with van der Waals surface area (Å²) in [7, 11) is 0. The zero-order valence-electron chi connectivity index (χ0n) is 5.58. The molecule has 0 aromatic carbocycles. The van der Waals surface area contributed by atoms with E-state index in [4.69, 9.17) is 11.6 Å². The monoisotopic (exact) mass is 154 g/mol. The predicted octanol–water partition coefficient (Wildman–Crippen LogP) is 2.99. The van der Waals surface area contributed by atoms with Crippen molar-refractivity contribution in [2.45, 2.75) is 6.92 Å². The van der Waals surface area contributed by atoms with Gasteiger partial charge in [-0.1, -0.05) is 11.6 Å². The smallest absolute Gasteiger partial charge is 0.0614 e. The molecule has 0 saturated heterocycles. The van der Waals surface area contributed by atoms with E-state index in [1.807, 2.05) is 6.92 Å². The van der Waals surface area contributed by atoms with E-state index in [1.165, 1.54) is 0 Å². The number of azo groups is 1. The van der Waals surface area contributed by atoms with Gasteiger partial charge in [0.05, 0.1) is 5.70 Å². The average Bonchev–Trinajstić information content (AvgIpc) is 1.83. The third-order valence-electron chi connectivity index (χ3n) is 0.970. The molecule has 0 radical (unpaired) electrons. The zero-order valence-corrected chi connectivity index (χ0v) is 6.34. The first-order chi connectivity index (χ1) is 4.79. The molecule has 0 fully saturated rings. The molecule has 0 atom stereocenters. The molecule has 0 spiro atoms. The van der Waals surface area contributed by atoms with Crippen molar-refractivity contribution in [2.75, 3.05) is 0 Å². The highest BCUT2D eigenvalue weighted by Crippen LogP contribution is 2.10. The van der Waals surface area contributed by atoms with Gasteiger partial charge in [0.1, 0.15) is 0 Å². The molecule has 1 aliphatic rings. The van der Waals surface area contributed by atoms with Crippen LogP contribution in [0.1, 0.15) is 6.92 Å². The lowest BCUT2D eigenvalue weighted by atomic mass is 10.4. The fourth-order valence-corrected chi connectivity index (χ4v) is 0.805. The summed E-state index contributed by atoms with van der Waals surface area (Å²) in [5, 5.41) is 8.20. The van der Waals surface area contributed by atoms with Gasteiger partial charge >= 0.3 is 0 Å². The third-order valence-corrected chi connectivity index (χ3v) is 1.21. The molecular weight excluding hydrogens is 148 g/mol. The van der Waals surface area contributed by atoms with Crippen LogP contribution >= 0.6 is 11.6 Å². The van der Waals surface area contributed by atoms with Crippen LogP contribution in [-0.4, -0.2) is 0 Å². The van der Waals surface area contributed by atoms with E-state index in [2.05, 4.69) is 10.2 Å². The lowest BCUT2D eigenvalue weighted by Crippen LogP contribution is -1.71. The normalized spacial score (nSPS) is 25.8. The molecule has 1 heterocycles. The van der Waals surface area contributed by atoms with E-state index < -0.39 is 0 Å². The lowest BCUT2D eigenvalue weighted by Gasteiger charge is -1.91. The minimum absolute atomic E-state index is 0.674. The molecule has 1 aliphatic heterocycles. The Kier molecular flexibility index (Phi) is 2.40. The van der Waals surface area contributed by atoms with Crippen LogP contribution in [0.4, 0.5) is 0 Å². The van der Waals surface area contributed by atoms with Crippen LogP contribution in [0.5, 0.6) is 0 Å². The highest BCUT2D eigenvalue weighted by atomic mass is 35.5. The first-order valence-electron chi connectivity index (χ1n) is 2.90. The number of nitrogens with zero attached hydrogens (tertiary/aromatic N) is 2. The van der Waals surface area contributed by atoms with Crippen molar-refractivity contribution in [3.8, 4) is 0 Å². The minimum atomic E-state index is 0.674. The molecule has 2 nitrogen and oxygen atoms in total. The van der Waals surface area contributed by atoms with Crippen LogP contribution in [0.3, 0.4) is 0 Å². The molecule has 0 aromatic rings. The number of hydrogen-bond acceptors (Lipinski definition) is 2. The number of rotatable bonds is 0. The zero-order chi connectivity index (χ0) is 7.40. The second kappa shape index (κ2) is 3.32. The van der Waals surface area contributed by atoms with E-state index >= 15 is 0 Å². The summed E-state index contributed by atoms with van der Waals surface area (Å²) in [6.45, 7) is 1.85. The van der Waals surface area contributed by atoms with Crippen molar-refractivity contribution < 1.29 is 0 Å². The number of hydrogen-bond donors (Lipinski definition) is 0. The molecule has 0 bridgehead atoms. The largest absolute Gasteiger partial charge is 0.159 e. The highest BCUT2D eigenvalue weighted by Gasteiger charge is 1.88. The van der Waals surface area contributed by atoms with E-state index in [1.54, 1.807) is 24.4 Å². The first kappa shape index (κ1) is 7.22. The maximum Gasteiger partial charge on any atom is 0.0614 e. The second-order valence-corrected chi connectivity index (χ2v) is 2.33. The maximum absolute atomic E-state index is 5.72. The molecule has 0 N–H and O–H groups in total. The van der Waals surface area contributed by atoms with Gasteiger partial charge in [0.25, 0.3) is 0 Å². The molecule has 0 unspecified atom stereocenters. The molecule has 10 heavy (non-hydrogen) atoms. The van der Waals surface area contributed by atoms with Crippen molar-refractivity contribution >= 4 is 11.6 Å². The maximum atomic E-state index is 5.72. The Hall–Kier alpha value is -0.890. The van der Waals surface area contributed by atoms with Crippen molar-refractivity contribution in [2.24, 2.45) is 10.2 Å². The van der Waals surface area contributed by atoms with Crippen LogP contribution in [0.25, 0.3) is 0 Å². The summed E-state index contributed by atoms with van der Waals surface area (Å²) in [6.07, 6.45) is 6.87. The number of halogens is 1. The van der Waals surface area contributed by atoms with Gasteiger partial charge in [0.15, 0.2) is 0 Å². The Bertz CT molecular complexity index is 233. The Balaban J connectivity index is 2.89. The summed E-state index contributed by atoms with van der Waals surface area (Å²) in [5.74, 6) is 0. The molecule has 0 saturated carbocycles. The fourth-order valence-electron chi connectivity index (χ4n) is 0.574. The molecule has 0 aromatic heterocycles. The van der Waals surface area contributed by atoms with Gasteiger partial charge in [-0.05, 0) is 25.2 Å². The Labute approximate surface area is 64.6 Å². The average molecular weight is 155 g/mol. The van der Waals surface area contributed by atoms with Crippen LogP contribution in [-0.2, 0) is 0 Å². The van der Waals surface area contributed by atoms with E-state index in [-0.39, 0.29) is 0 Å². The molecule has 1 rings (SSSR count). The lowest BCUT2D eigenvalue weighted by molar-refractivity contribution is 1.12. The highest BCUT2D eigenvalue weighted by molar-refractivity contribution is 6.31. The predicted molar refractivity (Wildman–Crippen MR) is 41.7 cm³/mol. The minimum Gasteiger partial charge on any atom is -0.159 e. The van der Waals surface area contributed by atoms with Crippen molar-refractivity contribution in [3.63, 3.8) is 0 Å². The summed E-state index contributed by atoms with van der Waals surface area (Å²) in [4.78, 5) is 0. The van der Waals surface area contributed by atoms with Gasteiger partial charge in [-0.2, -0.15) is 10.2 Å². The SMILES string of the molecule is CC1=C/C(Cl)=C\C=C/N=N1. The van der Waals surface area contributed by atoms with Gasteiger partial charge in [-0.15, -0.1) is 0 Å². The standard InChI is InChI=1S/C7H7ClN2/c1-6-5-7(8)3-2-4-9-10-6/h2-5H,1H3/b3-2?,4-2-,6-5?,7-3+,7-5?,9-4?,10-6?,10-9?. The molecule has 0 amide bonds. The second-order valence-electron chi connectivity index (χ2n) is 1.89. The summed E-state index contributed by atoms with van der Waals surface area (Å²) >= 11 is 5.72. The van der Waals surface area contributed by atoms with Gasteiger partial charge in [-0.3, -0.25) is 0 Å². The van der Waals surface area contributed by atoms with Crippen molar-refractivity contribution in [1.29, 1.82) is 0 Å². The molecule has 52 valence electrons. The quantitative estimate of drug-likeness (QED) is 0.513. The third kappa shape index (κ3) is 2.15. The molecule has 0 aliphatic carbocycles. The Morgan fingerprint density at radius 3 is 3.10 bits per heavy atom. The first-order valence-corrected chi connectivity index (χ1v) is 3.28. The Morgan fingerprint density at radius 2 is 2.30 bits per heavy atom. The summed E-state index contributed by atoms with van der Waals surface area (Å²) in [6, 6.07) is 0. The van der Waals surface area contributed by atoms with E-state index in [9.17, 15) is 0 Å². The van der Waals surface area contributed by atoms with Gasteiger partial charge in [-0.25, -0.2) is 0 Å². The number of allylic oxidation sites excluding steroid dienone is 5. The summed E-state index contributed by atoms with van der Waals surface area (Å²) < 4.78 is 0. The topological polar surface area (TPSA) is 24.7 Å². The van der Waals surface area contributed by atoms with Gasteiger partial charge in [0, 0.05) is 11.2 Å². The Morgan fingerprint density at radius 1 is 1.50 bits per heavy atom. The van der Waals surface area contributed by atoms with Crippen molar-refractivity contribution in [3.05, 3.63) is 35.2 Å². The molecule has 3 heteroatoms. The summed E-state index contributed by atoms with van der Waals surface area (Å²) in [5.41, 5.74) is 0.811. The van der Waals surface area contributed by atoms with Crippen molar-refractivity contribution in [1.82, 2.24) is 0 Å².